The van der Waals surface area contributed by atoms with Crippen molar-refractivity contribution in [2.75, 3.05) is 13.1 Å². The number of hydrogen-bond acceptors (Lipinski definition) is 5. The van der Waals surface area contributed by atoms with Crippen LogP contribution in [0.2, 0.25) is 0 Å². The van der Waals surface area contributed by atoms with E-state index in [9.17, 15) is 9.59 Å². The van der Waals surface area contributed by atoms with Gasteiger partial charge >= 0.3 is 12.2 Å². The second-order valence-corrected chi connectivity index (χ2v) is 5.33. The summed E-state index contributed by atoms with van der Waals surface area (Å²) in [5.74, 6) is 0. The molecular weight excluding hydrogens is 224 g/mol. The van der Waals surface area contributed by atoms with Gasteiger partial charge in [0.1, 0.15) is 11.7 Å². The molecule has 2 saturated heterocycles. The van der Waals surface area contributed by atoms with Gasteiger partial charge in [0.15, 0.2) is 0 Å². The van der Waals surface area contributed by atoms with Gasteiger partial charge in [-0.25, -0.2) is 14.5 Å². The summed E-state index contributed by atoms with van der Waals surface area (Å²) in [6.07, 6.45) is -0.691. The van der Waals surface area contributed by atoms with Gasteiger partial charge in [-0.2, -0.15) is 0 Å². The molecular formula is C11H18N2O4. The lowest BCUT2D eigenvalue weighted by Crippen LogP contribution is -2.51. The van der Waals surface area contributed by atoms with Gasteiger partial charge in [0, 0.05) is 6.54 Å². The number of rotatable bonds is 0. The third kappa shape index (κ3) is 2.52. The molecule has 2 atom stereocenters. The van der Waals surface area contributed by atoms with Crippen molar-refractivity contribution in [3.05, 3.63) is 0 Å². The summed E-state index contributed by atoms with van der Waals surface area (Å²) in [5, 5.41) is 3.14. The maximum absolute atomic E-state index is 11.9. The Morgan fingerprint density at radius 2 is 2.24 bits per heavy atom. The van der Waals surface area contributed by atoms with E-state index in [-0.39, 0.29) is 12.1 Å². The molecule has 2 amide bonds. The van der Waals surface area contributed by atoms with Gasteiger partial charge in [0.25, 0.3) is 0 Å². The van der Waals surface area contributed by atoms with Gasteiger partial charge in [-0.1, -0.05) is 0 Å². The average molecular weight is 242 g/mol. The third-order valence-corrected chi connectivity index (χ3v) is 2.76. The molecule has 2 aliphatic rings. The van der Waals surface area contributed by atoms with Gasteiger partial charge in [0.2, 0.25) is 0 Å². The number of hydrogen-bond donors (Lipinski definition) is 1. The molecule has 6 nitrogen and oxygen atoms in total. The molecule has 0 aromatic heterocycles. The zero-order chi connectivity index (χ0) is 12.6. The van der Waals surface area contributed by atoms with Gasteiger partial charge in [0.05, 0.1) is 6.04 Å². The lowest BCUT2D eigenvalue weighted by molar-refractivity contribution is 0.0279. The minimum Gasteiger partial charge on any atom is -0.443 e. The summed E-state index contributed by atoms with van der Waals surface area (Å²) in [4.78, 5) is 24.6. The molecule has 2 heterocycles. The van der Waals surface area contributed by atoms with Gasteiger partial charge < -0.3 is 14.8 Å². The highest BCUT2D eigenvalue weighted by Crippen LogP contribution is 2.25. The number of imide groups is 1. The molecule has 1 N–H and O–H groups in total. The first-order valence-corrected chi connectivity index (χ1v) is 5.82. The number of fused-ring (bicyclic) bond motifs is 1. The molecule has 17 heavy (non-hydrogen) atoms. The Hall–Kier alpha value is -1.30. The summed E-state index contributed by atoms with van der Waals surface area (Å²) in [6, 6.07) is -0.244. The Bertz CT molecular complexity index is 337. The highest BCUT2D eigenvalue weighted by Gasteiger charge is 2.47. The number of carbonyl (C=O) groups excluding carboxylic acids is 2. The van der Waals surface area contributed by atoms with Crippen molar-refractivity contribution in [2.45, 2.75) is 44.9 Å². The molecule has 0 radical (unpaired) electrons. The van der Waals surface area contributed by atoms with Crippen molar-refractivity contribution in [1.82, 2.24) is 10.2 Å². The maximum atomic E-state index is 11.9. The van der Waals surface area contributed by atoms with Crippen molar-refractivity contribution in [1.29, 1.82) is 0 Å². The van der Waals surface area contributed by atoms with Crippen LogP contribution in [-0.2, 0) is 9.47 Å². The van der Waals surface area contributed by atoms with Crippen LogP contribution in [0.5, 0.6) is 0 Å². The quantitative estimate of drug-likeness (QED) is 0.689. The molecule has 0 aromatic rings. The topological polar surface area (TPSA) is 67.9 Å². The number of amides is 2. The molecule has 2 fully saturated rings. The van der Waals surface area contributed by atoms with Crippen LogP contribution in [0, 0.1) is 0 Å². The van der Waals surface area contributed by atoms with Crippen LogP contribution in [0.4, 0.5) is 9.59 Å². The highest BCUT2D eigenvalue weighted by atomic mass is 16.6. The van der Waals surface area contributed by atoms with Crippen molar-refractivity contribution in [3.8, 4) is 0 Å². The Balaban J connectivity index is 2.09. The fourth-order valence-corrected chi connectivity index (χ4v) is 2.06. The van der Waals surface area contributed by atoms with E-state index in [4.69, 9.17) is 9.47 Å². The monoisotopic (exact) mass is 242 g/mol. The maximum Gasteiger partial charge on any atom is 0.420 e. The van der Waals surface area contributed by atoms with Crippen LogP contribution in [0.1, 0.15) is 27.2 Å². The van der Waals surface area contributed by atoms with Crippen molar-refractivity contribution < 1.29 is 19.1 Å². The molecule has 0 aliphatic carbocycles. The van der Waals surface area contributed by atoms with Crippen molar-refractivity contribution >= 4 is 12.2 Å². The number of piperidine rings is 1. The largest absolute Gasteiger partial charge is 0.443 e. The number of nitrogens with zero attached hydrogens (tertiary/aromatic N) is 1. The zero-order valence-electron chi connectivity index (χ0n) is 10.4. The Morgan fingerprint density at radius 1 is 1.53 bits per heavy atom. The Morgan fingerprint density at radius 3 is 2.88 bits per heavy atom. The first-order valence-electron chi connectivity index (χ1n) is 5.82. The zero-order valence-corrected chi connectivity index (χ0v) is 10.4. The predicted molar refractivity (Wildman–Crippen MR) is 59.6 cm³/mol. The average Bonchev–Trinajstić information content (AvgIpc) is 2.50. The number of ether oxygens (including phenoxy) is 2. The first-order chi connectivity index (χ1) is 7.88. The minimum atomic E-state index is -0.626. The third-order valence-electron chi connectivity index (χ3n) is 2.76. The van der Waals surface area contributed by atoms with E-state index in [0.29, 0.717) is 6.54 Å². The smallest absolute Gasteiger partial charge is 0.420 e. The van der Waals surface area contributed by atoms with Crippen LogP contribution in [0.3, 0.4) is 0 Å². The van der Waals surface area contributed by atoms with Gasteiger partial charge in [-0.3, -0.25) is 0 Å². The second kappa shape index (κ2) is 4.18. The predicted octanol–water partition coefficient (Wildman–Crippen LogP) is 1.10. The van der Waals surface area contributed by atoms with Crippen molar-refractivity contribution in [2.24, 2.45) is 0 Å². The second-order valence-electron chi connectivity index (χ2n) is 5.33. The van der Waals surface area contributed by atoms with Crippen LogP contribution in [0.25, 0.3) is 0 Å². The fourth-order valence-electron chi connectivity index (χ4n) is 2.06. The van der Waals surface area contributed by atoms with Crippen LogP contribution >= 0.6 is 0 Å². The molecule has 96 valence electrons. The highest BCUT2D eigenvalue weighted by molar-refractivity contribution is 5.90. The Kier molecular flexibility index (Phi) is 2.99. The lowest BCUT2D eigenvalue weighted by Gasteiger charge is -2.29. The van der Waals surface area contributed by atoms with Crippen LogP contribution in [0.15, 0.2) is 0 Å². The molecule has 6 heteroatoms. The van der Waals surface area contributed by atoms with E-state index in [1.807, 2.05) is 0 Å². The van der Waals surface area contributed by atoms with E-state index in [1.54, 1.807) is 20.8 Å². The molecule has 0 aromatic carbocycles. The molecule has 0 saturated carbocycles. The Labute approximate surface area is 100 Å². The number of nitrogens with one attached hydrogen (secondary N) is 1. The van der Waals surface area contributed by atoms with Crippen molar-refractivity contribution in [3.63, 3.8) is 0 Å². The van der Waals surface area contributed by atoms with E-state index in [2.05, 4.69) is 5.32 Å². The summed E-state index contributed by atoms with van der Waals surface area (Å²) < 4.78 is 10.4. The lowest BCUT2D eigenvalue weighted by atomic mass is 10.0. The summed E-state index contributed by atoms with van der Waals surface area (Å²) in [5.41, 5.74) is -0.614. The molecule has 2 rings (SSSR count). The fraction of sp³-hybridized carbons (Fsp3) is 0.818. The van der Waals surface area contributed by atoms with Crippen LogP contribution in [-0.4, -0.2) is 47.9 Å². The van der Waals surface area contributed by atoms with E-state index < -0.39 is 17.8 Å². The summed E-state index contributed by atoms with van der Waals surface area (Å²) in [7, 11) is 0. The summed E-state index contributed by atoms with van der Waals surface area (Å²) >= 11 is 0. The molecule has 2 aliphatic heterocycles. The number of carbonyl (C=O) groups is 2. The van der Waals surface area contributed by atoms with Crippen LogP contribution < -0.4 is 5.32 Å². The minimum absolute atomic E-state index is 0.198. The van der Waals surface area contributed by atoms with E-state index in [1.165, 1.54) is 0 Å². The van der Waals surface area contributed by atoms with Gasteiger partial charge in [-0.15, -0.1) is 0 Å². The standard InChI is InChI=1S/C11H18N2O4/c1-11(2,3)17-10(15)13-7-6-12-5-4-8(7)16-9(13)14/h7-8,12H,4-6H2,1-3H3/t7-,8+/m0/s1. The summed E-state index contributed by atoms with van der Waals surface area (Å²) in [6.45, 7) is 6.67. The first kappa shape index (κ1) is 12.2. The molecule has 0 spiro atoms. The normalized spacial score (nSPS) is 28.6. The SMILES string of the molecule is CC(C)(C)OC(=O)N1C(=O)O[C@@H]2CCNC[C@@H]21. The van der Waals surface area contributed by atoms with E-state index in [0.717, 1.165) is 17.9 Å². The van der Waals surface area contributed by atoms with E-state index >= 15 is 0 Å². The molecule has 0 bridgehead atoms. The van der Waals surface area contributed by atoms with Gasteiger partial charge in [-0.05, 0) is 33.7 Å². The molecule has 0 unspecified atom stereocenters.